The number of nitrogens with zero attached hydrogens (tertiary/aromatic N) is 4. The molecule has 3 aromatic rings. The minimum atomic E-state index is -0.243. The molecule has 0 radical (unpaired) electrons. The standard InChI is InChI=1S/C11H8ClN5O/c12-8-3-1-7(2-4-8)6-17-11(18)10-9(14-16-17)5-13-15-10/h1-5H,6H2,(H,13,15). The molecule has 90 valence electrons. The van der Waals surface area contributed by atoms with Crippen molar-refractivity contribution in [2.45, 2.75) is 6.54 Å². The van der Waals surface area contributed by atoms with E-state index in [1.165, 1.54) is 10.9 Å². The SMILES string of the molecule is O=c1c2[nH]ncc2nnn1Cc1ccc(Cl)cc1. The van der Waals surface area contributed by atoms with Gasteiger partial charge in [-0.2, -0.15) is 5.10 Å². The van der Waals surface area contributed by atoms with Gasteiger partial charge < -0.3 is 0 Å². The van der Waals surface area contributed by atoms with Crippen LogP contribution in [0.4, 0.5) is 0 Å². The second kappa shape index (κ2) is 4.23. The smallest absolute Gasteiger partial charge is 0.271 e. The molecule has 6 nitrogen and oxygen atoms in total. The van der Waals surface area contributed by atoms with Crippen LogP contribution in [-0.2, 0) is 6.54 Å². The van der Waals surface area contributed by atoms with E-state index in [1.54, 1.807) is 12.1 Å². The van der Waals surface area contributed by atoms with Gasteiger partial charge in [-0.05, 0) is 17.7 Å². The van der Waals surface area contributed by atoms with Gasteiger partial charge in [-0.1, -0.05) is 28.9 Å². The number of hydrogen-bond donors (Lipinski definition) is 1. The van der Waals surface area contributed by atoms with Crippen molar-refractivity contribution in [3.05, 3.63) is 51.4 Å². The number of H-pyrrole nitrogens is 1. The zero-order valence-electron chi connectivity index (χ0n) is 9.17. The molecular formula is C11H8ClN5O. The summed E-state index contributed by atoms with van der Waals surface area (Å²) in [7, 11) is 0. The fraction of sp³-hybridized carbons (Fsp3) is 0.0909. The first-order valence-corrected chi connectivity index (χ1v) is 5.63. The van der Waals surface area contributed by atoms with Gasteiger partial charge in [0.15, 0.2) is 5.52 Å². The Morgan fingerprint density at radius 2 is 2.06 bits per heavy atom. The van der Waals surface area contributed by atoms with Crippen molar-refractivity contribution >= 4 is 22.6 Å². The Labute approximate surface area is 106 Å². The fourth-order valence-electron chi connectivity index (χ4n) is 1.65. The van der Waals surface area contributed by atoms with Crippen LogP contribution >= 0.6 is 11.6 Å². The Morgan fingerprint density at radius 3 is 2.83 bits per heavy atom. The molecule has 0 spiro atoms. The highest BCUT2D eigenvalue weighted by Gasteiger charge is 2.07. The minimum absolute atomic E-state index is 0.243. The van der Waals surface area contributed by atoms with Crippen molar-refractivity contribution in [2.75, 3.05) is 0 Å². The lowest BCUT2D eigenvalue weighted by atomic mass is 10.2. The van der Waals surface area contributed by atoms with Crippen molar-refractivity contribution in [2.24, 2.45) is 0 Å². The lowest BCUT2D eigenvalue weighted by molar-refractivity contribution is 0.600. The van der Waals surface area contributed by atoms with Gasteiger partial charge in [0.25, 0.3) is 5.56 Å². The third kappa shape index (κ3) is 1.86. The molecule has 0 fully saturated rings. The second-order valence-electron chi connectivity index (χ2n) is 3.81. The van der Waals surface area contributed by atoms with E-state index in [9.17, 15) is 4.79 Å². The lowest BCUT2D eigenvalue weighted by Crippen LogP contribution is -2.24. The zero-order valence-corrected chi connectivity index (χ0v) is 9.92. The average molecular weight is 262 g/mol. The molecule has 2 aromatic heterocycles. The van der Waals surface area contributed by atoms with Crippen LogP contribution in [0.5, 0.6) is 0 Å². The summed E-state index contributed by atoms with van der Waals surface area (Å²) in [6.07, 6.45) is 1.47. The first-order chi connectivity index (χ1) is 8.74. The van der Waals surface area contributed by atoms with E-state index in [0.29, 0.717) is 22.6 Å². The maximum Gasteiger partial charge on any atom is 0.295 e. The van der Waals surface area contributed by atoms with Gasteiger partial charge in [0.2, 0.25) is 0 Å². The molecule has 18 heavy (non-hydrogen) atoms. The Kier molecular flexibility index (Phi) is 2.56. The lowest BCUT2D eigenvalue weighted by Gasteiger charge is -2.03. The molecule has 3 rings (SSSR count). The Morgan fingerprint density at radius 1 is 1.28 bits per heavy atom. The fourth-order valence-corrected chi connectivity index (χ4v) is 1.78. The topological polar surface area (TPSA) is 76.5 Å². The highest BCUT2D eigenvalue weighted by molar-refractivity contribution is 6.30. The summed E-state index contributed by atoms with van der Waals surface area (Å²) in [6.45, 7) is 0.345. The molecule has 0 saturated carbocycles. The number of fused-ring (bicyclic) bond motifs is 1. The number of rotatable bonds is 2. The first kappa shape index (κ1) is 10.9. The monoisotopic (exact) mass is 261 g/mol. The third-order valence-corrected chi connectivity index (χ3v) is 2.83. The predicted octanol–water partition coefficient (Wildman–Crippen LogP) is 1.22. The van der Waals surface area contributed by atoms with Crippen LogP contribution in [0.25, 0.3) is 11.0 Å². The summed E-state index contributed by atoms with van der Waals surface area (Å²) in [5.41, 5.74) is 1.51. The van der Waals surface area contributed by atoms with E-state index in [-0.39, 0.29) is 5.56 Å². The van der Waals surface area contributed by atoms with Gasteiger partial charge >= 0.3 is 0 Å². The van der Waals surface area contributed by atoms with Crippen LogP contribution in [0.15, 0.2) is 35.3 Å². The van der Waals surface area contributed by atoms with Gasteiger partial charge in [-0.25, -0.2) is 4.68 Å². The first-order valence-electron chi connectivity index (χ1n) is 5.25. The van der Waals surface area contributed by atoms with Gasteiger partial charge in [-0.3, -0.25) is 9.89 Å². The Bertz CT molecular complexity index is 746. The number of benzene rings is 1. The van der Waals surface area contributed by atoms with E-state index < -0.39 is 0 Å². The Hall–Kier alpha value is -2.21. The molecule has 1 aromatic carbocycles. The Balaban J connectivity index is 2.02. The number of nitrogens with one attached hydrogen (secondary N) is 1. The molecule has 0 amide bonds. The van der Waals surface area contributed by atoms with Crippen LogP contribution in [0.2, 0.25) is 5.02 Å². The van der Waals surface area contributed by atoms with E-state index in [0.717, 1.165) is 5.56 Å². The van der Waals surface area contributed by atoms with Gasteiger partial charge in [0, 0.05) is 5.02 Å². The number of hydrogen-bond acceptors (Lipinski definition) is 4. The molecule has 0 saturated heterocycles. The van der Waals surface area contributed by atoms with Crippen molar-refractivity contribution in [3.8, 4) is 0 Å². The highest BCUT2D eigenvalue weighted by atomic mass is 35.5. The molecule has 0 bridgehead atoms. The van der Waals surface area contributed by atoms with E-state index in [1.807, 2.05) is 12.1 Å². The summed E-state index contributed by atoms with van der Waals surface area (Å²) in [4.78, 5) is 12.0. The summed E-state index contributed by atoms with van der Waals surface area (Å²) < 4.78 is 1.28. The van der Waals surface area contributed by atoms with E-state index in [4.69, 9.17) is 11.6 Å². The van der Waals surface area contributed by atoms with Crippen LogP contribution in [0, 0.1) is 0 Å². The average Bonchev–Trinajstić information content (AvgIpc) is 2.84. The minimum Gasteiger partial charge on any atom is -0.271 e. The van der Waals surface area contributed by atoms with Crippen molar-refractivity contribution in [3.63, 3.8) is 0 Å². The molecule has 0 aliphatic heterocycles. The summed E-state index contributed by atoms with van der Waals surface area (Å²) in [6, 6.07) is 7.22. The van der Waals surface area contributed by atoms with Gasteiger partial charge in [-0.15, -0.1) is 5.10 Å². The zero-order chi connectivity index (χ0) is 12.5. The van der Waals surface area contributed by atoms with Gasteiger partial charge in [0.1, 0.15) is 5.52 Å². The van der Waals surface area contributed by atoms with Crippen molar-refractivity contribution in [1.82, 2.24) is 25.2 Å². The molecular weight excluding hydrogens is 254 g/mol. The number of aromatic amines is 1. The summed E-state index contributed by atoms with van der Waals surface area (Å²) in [5.74, 6) is 0. The number of halogens is 1. The molecule has 1 N–H and O–H groups in total. The summed E-state index contributed by atoms with van der Waals surface area (Å²) in [5, 5.41) is 14.8. The quantitative estimate of drug-likeness (QED) is 0.752. The van der Waals surface area contributed by atoms with Gasteiger partial charge in [0.05, 0.1) is 12.7 Å². The van der Waals surface area contributed by atoms with Crippen LogP contribution in [0.3, 0.4) is 0 Å². The normalized spacial score (nSPS) is 10.9. The predicted molar refractivity (Wildman–Crippen MR) is 66.5 cm³/mol. The van der Waals surface area contributed by atoms with Crippen LogP contribution in [0.1, 0.15) is 5.56 Å². The maximum atomic E-state index is 12.0. The molecule has 2 heterocycles. The number of aromatic nitrogens is 5. The highest BCUT2D eigenvalue weighted by Crippen LogP contribution is 2.10. The van der Waals surface area contributed by atoms with Crippen molar-refractivity contribution < 1.29 is 0 Å². The second-order valence-corrected chi connectivity index (χ2v) is 4.25. The van der Waals surface area contributed by atoms with E-state index >= 15 is 0 Å². The third-order valence-electron chi connectivity index (χ3n) is 2.57. The summed E-state index contributed by atoms with van der Waals surface area (Å²) >= 11 is 5.80. The molecule has 7 heteroatoms. The maximum absolute atomic E-state index is 12.0. The van der Waals surface area contributed by atoms with Crippen LogP contribution < -0.4 is 5.56 Å². The molecule has 0 unspecified atom stereocenters. The largest absolute Gasteiger partial charge is 0.295 e. The van der Waals surface area contributed by atoms with Crippen molar-refractivity contribution in [1.29, 1.82) is 0 Å². The molecule has 0 atom stereocenters. The van der Waals surface area contributed by atoms with Crippen LogP contribution in [-0.4, -0.2) is 25.2 Å². The van der Waals surface area contributed by atoms with E-state index in [2.05, 4.69) is 20.5 Å². The molecule has 0 aliphatic rings. The molecule has 0 aliphatic carbocycles.